The molecule has 1 aromatic carbocycles. The zero-order valence-electron chi connectivity index (χ0n) is 8.65. The Morgan fingerprint density at radius 3 is 2.47 bits per heavy atom. The van der Waals surface area contributed by atoms with Crippen molar-refractivity contribution in [3.8, 4) is 5.75 Å². The summed E-state index contributed by atoms with van der Waals surface area (Å²) in [4.78, 5) is 0. The second-order valence-corrected chi connectivity index (χ2v) is 3.76. The standard InChI is InChI=1S/C11H15BrO3/c1-14-7-10(13)8-15-11-4-2-9(6-12)3-5-11/h2-5,10,13H,6-8H2,1H3. The quantitative estimate of drug-likeness (QED) is 0.807. The first-order valence-corrected chi connectivity index (χ1v) is 5.83. The molecule has 0 fully saturated rings. The summed E-state index contributed by atoms with van der Waals surface area (Å²) in [7, 11) is 1.55. The normalized spacial score (nSPS) is 12.5. The van der Waals surface area contributed by atoms with Gasteiger partial charge in [-0.3, -0.25) is 0 Å². The maximum absolute atomic E-state index is 9.35. The largest absolute Gasteiger partial charge is 0.491 e. The van der Waals surface area contributed by atoms with Crippen LogP contribution in [0.15, 0.2) is 24.3 Å². The molecule has 0 aliphatic rings. The summed E-state index contributed by atoms with van der Waals surface area (Å²) in [5.41, 5.74) is 1.19. The van der Waals surface area contributed by atoms with Gasteiger partial charge in [-0.05, 0) is 17.7 Å². The summed E-state index contributed by atoms with van der Waals surface area (Å²) in [6.07, 6.45) is -0.578. The third-order valence-corrected chi connectivity index (χ3v) is 2.53. The second kappa shape index (κ2) is 6.82. The van der Waals surface area contributed by atoms with Crippen LogP contribution in [0.3, 0.4) is 0 Å². The Bertz CT molecular complexity index is 274. The predicted molar refractivity (Wildman–Crippen MR) is 62.5 cm³/mol. The van der Waals surface area contributed by atoms with Crippen LogP contribution in [-0.2, 0) is 10.1 Å². The molecule has 0 amide bonds. The van der Waals surface area contributed by atoms with Crippen LogP contribution in [0.4, 0.5) is 0 Å². The van der Waals surface area contributed by atoms with Gasteiger partial charge in [-0.25, -0.2) is 0 Å². The molecule has 0 saturated heterocycles. The Balaban J connectivity index is 2.37. The molecule has 1 atom stereocenters. The lowest BCUT2D eigenvalue weighted by molar-refractivity contribution is 0.0325. The Morgan fingerprint density at radius 2 is 1.93 bits per heavy atom. The SMILES string of the molecule is COCC(O)COc1ccc(CBr)cc1. The van der Waals surface area contributed by atoms with Crippen LogP contribution in [0, 0.1) is 0 Å². The zero-order chi connectivity index (χ0) is 11.1. The first-order valence-electron chi connectivity index (χ1n) is 4.71. The number of aliphatic hydroxyl groups excluding tert-OH is 1. The van der Waals surface area contributed by atoms with Crippen molar-refractivity contribution in [2.45, 2.75) is 11.4 Å². The molecule has 15 heavy (non-hydrogen) atoms. The smallest absolute Gasteiger partial charge is 0.119 e. The number of benzene rings is 1. The van der Waals surface area contributed by atoms with Crippen molar-refractivity contribution in [1.82, 2.24) is 0 Å². The second-order valence-electron chi connectivity index (χ2n) is 3.20. The minimum absolute atomic E-state index is 0.251. The summed E-state index contributed by atoms with van der Waals surface area (Å²) < 4.78 is 10.2. The van der Waals surface area contributed by atoms with E-state index in [-0.39, 0.29) is 6.61 Å². The number of alkyl halides is 1. The Labute approximate surface area is 98.1 Å². The van der Waals surface area contributed by atoms with Crippen molar-refractivity contribution in [1.29, 1.82) is 0 Å². The van der Waals surface area contributed by atoms with Crippen molar-refractivity contribution in [2.24, 2.45) is 0 Å². The Hall–Kier alpha value is -0.580. The molecule has 3 nitrogen and oxygen atoms in total. The first-order chi connectivity index (χ1) is 7.26. The predicted octanol–water partition coefficient (Wildman–Crippen LogP) is 1.97. The van der Waals surface area contributed by atoms with Crippen LogP contribution in [0.5, 0.6) is 5.75 Å². The van der Waals surface area contributed by atoms with E-state index < -0.39 is 6.10 Å². The monoisotopic (exact) mass is 274 g/mol. The van der Waals surface area contributed by atoms with Gasteiger partial charge >= 0.3 is 0 Å². The van der Waals surface area contributed by atoms with Gasteiger partial charge in [0, 0.05) is 12.4 Å². The number of halogens is 1. The Kier molecular flexibility index (Phi) is 5.68. The fourth-order valence-corrected chi connectivity index (χ4v) is 1.48. The molecule has 0 aliphatic heterocycles. The van der Waals surface area contributed by atoms with Gasteiger partial charge in [-0.1, -0.05) is 28.1 Å². The highest BCUT2D eigenvalue weighted by Gasteiger charge is 2.03. The van der Waals surface area contributed by atoms with E-state index in [9.17, 15) is 5.11 Å². The summed E-state index contributed by atoms with van der Waals surface area (Å²) in [6.45, 7) is 0.543. The van der Waals surface area contributed by atoms with E-state index >= 15 is 0 Å². The summed E-state index contributed by atoms with van der Waals surface area (Å²) in [5.74, 6) is 0.759. The number of aliphatic hydroxyl groups is 1. The lowest BCUT2D eigenvalue weighted by Gasteiger charge is -2.11. The van der Waals surface area contributed by atoms with Crippen molar-refractivity contribution in [3.05, 3.63) is 29.8 Å². The molecule has 0 aromatic heterocycles. The molecule has 1 aromatic rings. The third-order valence-electron chi connectivity index (χ3n) is 1.88. The lowest BCUT2D eigenvalue weighted by atomic mass is 10.2. The molecular weight excluding hydrogens is 260 g/mol. The molecular formula is C11H15BrO3. The molecule has 0 aliphatic carbocycles. The highest BCUT2D eigenvalue weighted by Crippen LogP contribution is 2.14. The van der Waals surface area contributed by atoms with E-state index in [1.54, 1.807) is 7.11 Å². The first kappa shape index (κ1) is 12.5. The van der Waals surface area contributed by atoms with Crippen molar-refractivity contribution in [2.75, 3.05) is 20.3 Å². The molecule has 4 heteroatoms. The highest BCUT2D eigenvalue weighted by atomic mass is 79.9. The third kappa shape index (κ3) is 4.64. The van der Waals surface area contributed by atoms with Crippen molar-refractivity contribution < 1.29 is 14.6 Å². The van der Waals surface area contributed by atoms with Gasteiger partial charge in [0.25, 0.3) is 0 Å². The number of methoxy groups -OCH3 is 1. The average Bonchev–Trinajstić information content (AvgIpc) is 2.27. The van der Waals surface area contributed by atoms with Gasteiger partial charge in [0.05, 0.1) is 6.61 Å². The van der Waals surface area contributed by atoms with Crippen molar-refractivity contribution >= 4 is 15.9 Å². The van der Waals surface area contributed by atoms with E-state index in [2.05, 4.69) is 15.9 Å². The lowest BCUT2D eigenvalue weighted by Crippen LogP contribution is -2.22. The van der Waals surface area contributed by atoms with Crippen LogP contribution >= 0.6 is 15.9 Å². The molecule has 0 spiro atoms. The number of rotatable bonds is 6. The molecule has 0 radical (unpaired) electrons. The van der Waals surface area contributed by atoms with E-state index in [1.807, 2.05) is 24.3 Å². The van der Waals surface area contributed by atoms with E-state index in [1.165, 1.54) is 5.56 Å². The minimum atomic E-state index is -0.578. The summed E-state index contributed by atoms with van der Waals surface area (Å²) in [6, 6.07) is 7.73. The fourth-order valence-electron chi connectivity index (χ4n) is 1.11. The molecule has 84 valence electrons. The number of ether oxygens (including phenoxy) is 2. The topological polar surface area (TPSA) is 38.7 Å². The van der Waals surface area contributed by atoms with Gasteiger partial charge in [-0.2, -0.15) is 0 Å². The van der Waals surface area contributed by atoms with E-state index in [4.69, 9.17) is 9.47 Å². The van der Waals surface area contributed by atoms with E-state index in [0.717, 1.165) is 11.1 Å². The molecule has 0 saturated carbocycles. The van der Waals surface area contributed by atoms with Gasteiger partial charge in [0.2, 0.25) is 0 Å². The molecule has 0 bridgehead atoms. The Morgan fingerprint density at radius 1 is 1.27 bits per heavy atom. The molecule has 0 heterocycles. The number of hydrogen-bond acceptors (Lipinski definition) is 3. The van der Waals surface area contributed by atoms with Gasteiger partial charge < -0.3 is 14.6 Å². The van der Waals surface area contributed by atoms with Gasteiger partial charge in [0.15, 0.2) is 0 Å². The zero-order valence-corrected chi connectivity index (χ0v) is 10.2. The molecule has 1 unspecified atom stereocenters. The van der Waals surface area contributed by atoms with Crippen LogP contribution in [0.1, 0.15) is 5.56 Å². The molecule has 1 rings (SSSR count). The summed E-state index contributed by atoms with van der Waals surface area (Å²) >= 11 is 3.37. The fraction of sp³-hybridized carbons (Fsp3) is 0.455. The molecule has 1 N–H and O–H groups in total. The number of hydrogen-bond donors (Lipinski definition) is 1. The maximum atomic E-state index is 9.35. The average molecular weight is 275 g/mol. The minimum Gasteiger partial charge on any atom is -0.491 e. The van der Waals surface area contributed by atoms with Gasteiger partial charge in [0.1, 0.15) is 18.5 Å². The van der Waals surface area contributed by atoms with E-state index in [0.29, 0.717) is 6.61 Å². The van der Waals surface area contributed by atoms with Crippen LogP contribution in [0.25, 0.3) is 0 Å². The maximum Gasteiger partial charge on any atom is 0.119 e. The van der Waals surface area contributed by atoms with Crippen LogP contribution in [-0.4, -0.2) is 31.5 Å². The summed E-state index contributed by atoms with van der Waals surface area (Å²) in [5, 5.41) is 10.2. The highest BCUT2D eigenvalue weighted by molar-refractivity contribution is 9.08. The van der Waals surface area contributed by atoms with Crippen LogP contribution in [0.2, 0.25) is 0 Å². The van der Waals surface area contributed by atoms with Gasteiger partial charge in [-0.15, -0.1) is 0 Å². The van der Waals surface area contributed by atoms with Crippen molar-refractivity contribution in [3.63, 3.8) is 0 Å². The van der Waals surface area contributed by atoms with Crippen LogP contribution < -0.4 is 4.74 Å².